The van der Waals surface area contributed by atoms with Gasteiger partial charge in [-0.3, -0.25) is 4.79 Å². The summed E-state index contributed by atoms with van der Waals surface area (Å²) in [7, 11) is 0. The largest absolute Gasteiger partial charge is 0.342 e. The van der Waals surface area contributed by atoms with E-state index in [-0.39, 0.29) is 11.7 Å². The molecule has 2 unspecified atom stereocenters. The third-order valence-electron chi connectivity index (χ3n) is 3.38. The van der Waals surface area contributed by atoms with Crippen molar-refractivity contribution >= 4 is 33.9 Å². The van der Waals surface area contributed by atoms with Gasteiger partial charge in [-0.2, -0.15) is 0 Å². The summed E-state index contributed by atoms with van der Waals surface area (Å²) in [5.41, 5.74) is 0.508. The highest BCUT2D eigenvalue weighted by molar-refractivity contribution is 7.14. The molecule has 2 rings (SSSR count). The maximum Gasteiger partial charge on any atom is 0.196 e. The van der Waals surface area contributed by atoms with Crippen LogP contribution in [-0.2, 0) is 0 Å². The van der Waals surface area contributed by atoms with Gasteiger partial charge < -0.3 is 4.90 Å². The van der Waals surface area contributed by atoms with Gasteiger partial charge in [0.1, 0.15) is 5.69 Å². The number of alkyl halides is 1. The van der Waals surface area contributed by atoms with Crippen molar-refractivity contribution in [1.29, 1.82) is 0 Å². The van der Waals surface area contributed by atoms with E-state index in [9.17, 15) is 4.79 Å². The van der Waals surface area contributed by atoms with Gasteiger partial charge in [-0.1, -0.05) is 6.92 Å². The average molecular weight is 273 g/mol. The first-order valence-electron chi connectivity index (χ1n) is 6.00. The number of hydrogen-bond acceptors (Lipinski definition) is 4. The summed E-state index contributed by atoms with van der Waals surface area (Å²) in [6.07, 6.45) is 3.55. The number of nitrogens with zero attached hydrogens (tertiary/aromatic N) is 2. The monoisotopic (exact) mass is 272 g/mol. The fourth-order valence-electron chi connectivity index (χ4n) is 2.40. The molecule has 0 bridgehead atoms. The molecule has 1 fully saturated rings. The van der Waals surface area contributed by atoms with Crippen LogP contribution >= 0.6 is 22.9 Å². The van der Waals surface area contributed by atoms with Gasteiger partial charge in [-0.05, 0) is 26.2 Å². The number of anilines is 1. The number of halogens is 1. The van der Waals surface area contributed by atoms with Crippen LogP contribution in [0, 0.1) is 0 Å². The predicted molar refractivity (Wildman–Crippen MR) is 72.4 cm³/mol. The average Bonchev–Trinajstić information content (AvgIpc) is 2.93. The summed E-state index contributed by atoms with van der Waals surface area (Å²) >= 11 is 7.09. The van der Waals surface area contributed by atoms with Crippen molar-refractivity contribution in [2.75, 3.05) is 10.8 Å². The standard InChI is InChI=1S/C12H17ClN2OS/c1-3-9-5-4-8(2)15(9)12-14-10(7-17-12)11(16)6-13/h7-9H,3-6H2,1-2H3. The number of carbonyl (C=O) groups excluding carboxylic acids is 1. The molecule has 0 aromatic carbocycles. The number of hydrogen-bond donors (Lipinski definition) is 0. The van der Waals surface area contributed by atoms with E-state index < -0.39 is 0 Å². The summed E-state index contributed by atoms with van der Waals surface area (Å²) in [6, 6.07) is 1.08. The van der Waals surface area contributed by atoms with E-state index in [4.69, 9.17) is 11.6 Å². The fraction of sp³-hybridized carbons (Fsp3) is 0.667. The first-order valence-corrected chi connectivity index (χ1v) is 7.41. The molecule has 2 atom stereocenters. The van der Waals surface area contributed by atoms with Gasteiger partial charge in [0, 0.05) is 17.5 Å². The molecule has 5 heteroatoms. The van der Waals surface area contributed by atoms with Crippen LogP contribution in [0.15, 0.2) is 5.38 Å². The van der Waals surface area contributed by atoms with Crippen molar-refractivity contribution < 1.29 is 4.79 Å². The Labute approximate surface area is 111 Å². The Morgan fingerprint density at radius 1 is 1.65 bits per heavy atom. The van der Waals surface area contributed by atoms with E-state index in [2.05, 4.69) is 23.7 Å². The molecule has 94 valence electrons. The third kappa shape index (κ3) is 2.47. The van der Waals surface area contributed by atoms with Gasteiger partial charge in [-0.25, -0.2) is 4.98 Å². The van der Waals surface area contributed by atoms with Crippen LogP contribution < -0.4 is 4.90 Å². The van der Waals surface area contributed by atoms with Crippen molar-refractivity contribution in [3.05, 3.63) is 11.1 Å². The second kappa shape index (κ2) is 5.36. The van der Waals surface area contributed by atoms with Gasteiger partial charge in [0.25, 0.3) is 0 Å². The van der Waals surface area contributed by atoms with Gasteiger partial charge in [0.05, 0.1) is 5.88 Å². The van der Waals surface area contributed by atoms with E-state index in [1.54, 1.807) is 11.3 Å². The Balaban J connectivity index is 2.21. The minimum atomic E-state index is -0.0888. The molecule has 0 saturated carbocycles. The number of thiazole rings is 1. The lowest BCUT2D eigenvalue weighted by Gasteiger charge is -2.27. The third-order valence-corrected chi connectivity index (χ3v) is 4.47. The summed E-state index contributed by atoms with van der Waals surface area (Å²) in [5, 5.41) is 2.79. The Bertz CT molecular complexity index is 407. The second-order valence-corrected chi connectivity index (χ2v) is 5.57. The first-order chi connectivity index (χ1) is 8.17. The highest BCUT2D eigenvalue weighted by Gasteiger charge is 2.31. The number of rotatable bonds is 4. The van der Waals surface area contributed by atoms with Crippen molar-refractivity contribution in [2.24, 2.45) is 0 Å². The molecule has 1 aromatic rings. The van der Waals surface area contributed by atoms with E-state index in [1.807, 2.05) is 5.38 Å². The first kappa shape index (κ1) is 12.8. The van der Waals surface area contributed by atoms with Crippen molar-refractivity contribution in [2.45, 2.75) is 45.2 Å². The molecule has 0 amide bonds. The Kier molecular flexibility index (Phi) is 4.05. The number of ketones is 1. The topological polar surface area (TPSA) is 33.2 Å². The lowest BCUT2D eigenvalue weighted by atomic mass is 10.2. The molecule has 1 saturated heterocycles. The summed E-state index contributed by atoms with van der Waals surface area (Å²) in [4.78, 5) is 18.2. The normalized spacial score (nSPS) is 24.3. The maximum absolute atomic E-state index is 11.5. The van der Waals surface area contributed by atoms with Crippen molar-refractivity contribution in [1.82, 2.24) is 4.98 Å². The molecule has 1 aliphatic rings. The zero-order chi connectivity index (χ0) is 12.4. The number of carbonyl (C=O) groups is 1. The van der Waals surface area contributed by atoms with E-state index in [0.29, 0.717) is 17.8 Å². The van der Waals surface area contributed by atoms with Crippen LogP contribution in [0.3, 0.4) is 0 Å². The molecule has 1 aliphatic heterocycles. The van der Waals surface area contributed by atoms with Crippen molar-refractivity contribution in [3.63, 3.8) is 0 Å². The zero-order valence-electron chi connectivity index (χ0n) is 10.1. The van der Waals surface area contributed by atoms with Gasteiger partial charge in [-0.15, -0.1) is 22.9 Å². The maximum atomic E-state index is 11.5. The summed E-state index contributed by atoms with van der Waals surface area (Å²) < 4.78 is 0. The number of aromatic nitrogens is 1. The molecule has 3 nitrogen and oxygen atoms in total. The molecular weight excluding hydrogens is 256 g/mol. The molecule has 2 heterocycles. The van der Waals surface area contributed by atoms with E-state index in [0.717, 1.165) is 11.6 Å². The van der Waals surface area contributed by atoms with Crippen LogP contribution in [0.5, 0.6) is 0 Å². The highest BCUT2D eigenvalue weighted by Crippen LogP contribution is 2.33. The van der Waals surface area contributed by atoms with Gasteiger partial charge in [0.15, 0.2) is 10.9 Å². The molecule has 0 spiro atoms. The molecule has 0 radical (unpaired) electrons. The van der Waals surface area contributed by atoms with E-state index in [1.165, 1.54) is 12.8 Å². The molecule has 0 N–H and O–H groups in total. The van der Waals surface area contributed by atoms with Crippen LogP contribution in [0.25, 0.3) is 0 Å². The highest BCUT2D eigenvalue weighted by atomic mass is 35.5. The van der Waals surface area contributed by atoms with E-state index >= 15 is 0 Å². The molecule has 17 heavy (non-hydrogen) atoms. The molecule has 0 aliphatic carbocycles. The Morgan fingerprint density at radius 3 is 3.06 bits per heavy atom. The van der Waals surface area contributed by atoms with Gasteiger partial charge in [0.2, 0.25) is 0 Å². The lowest BCUT2D eigenvalue weighted by Crippen LogP contribution is -2.34. The van der Waals surface area contributed by atoms with Crippen LogP contribution in [0.1, 0.15) is 43.6 Å². The van der Waals surface area contributed by atoms with Crippen LogP contribution in [0.2, 0.25) is 0 Å². The second-order valence-electron chi connectivity index (χ2n) is 4.47. The smallest absolute Gasteiger partial charge is 0.196 e. The summed E-state index contributed by atoms with van der Waals surface area (Å²) in [5.74, 6) is -0.0790. The Hall–Kier alpha value is -0.610. The van der Waals surface area contributed by atoms with Crippen LogP contribution in [-0.4, -0.2) is 28.7 Å². The minimum absolute atomic E-state index is 0.00985. The SMILES string of the molecule is CCC1CCC(C)N1c1nc(C(=O)CCl)cs1. The molecule has 1 aromatic heterocycles. The fourth-order valence-corrected chi connectivity index (χ4v) is 3.54. The minimum Gasteiger partial charge on any atom is -0.342 e. The number of Topliss-reactive ketones (excluding diaryl/α,β-unsaturated/α-hetero) is 1. The lowest BCUT2D eigenvalue weighted by molar-refractivity contribution is 0.101. The Morgan fingerprint density at radius 2 is 2.41 bits per heavy atom. The zero-order valence-corrected chi connectivity index (χ0v) is 11.7. The van der Waals surface area contributed by atoms with Gasteiger partial charge >= 0.3 is 0 Å². The predicted octanol–water partition coefficient (Wildman–Crippen LogP) is 3.33. The molecular formula is C12H17ClN2OS. The quantitative estimate of drug-likeness (QED) is 0.623. The summed E-state index contributed by atoms with van der Waals surface area (Å²) in [6.45, 7) is 4.42. The van der Waals surface area contributed by atoms with Crippen LogP contribution in [0.4, 0.5) is 5.13 Å². The van der Waals surface area contributed by atoms with Crippen molar-refractivity contribution in [3.8, 4) is 0 Å².